The van der Waals surface area contributed by atoms with E-state index >= 15 is 0 Å². The van der Waals surface area contributed by atoms with Crippen molar-refractivity contribution in [1.82, 2.24) is 15.0 Å². The first kappa shape index (κ1) is 9.45. The van der Waals surface area contributed by atoms with Gasteiger partial charge in [-0.15, -0.1) is 5.10 Å². The number of aromatic nitrogens is 3. The molecule has 0 amide bonds. The highest BCUT2D eigenvalue weighted by Gasteiger charge is 2.14. The van der Waals surface area contributed by atoms with Crippen molar-refractivity contribution >= 4 is 5.82 Å². The molecule has 0 radical (unpaired) electrons. The first-order valence-electron chi connectivity index (χ1n) is 5.13. The lowest BCUT2D eigenvalue weighted by molar-refractivity contribution is 0.0874. The van der Waals surface area contributed by atoms with Gasteiger partial charge in [-0.05, 0) is 19.8 Å². The fourth-order valence-electron chi connectivity index (χ4n) is 1.67. The van der Waals surface area contributed by atoms with E-state index < -0.39 is 0 Å². The molecule has 2 heterocycles. The third kappa shape index (κ3) is 2.04. The van der Waals surface area contributed by atoms with Gasteiger partial charge in [-0.1, -0.05) is 5.21 Å². The zero-order valence-corrected chi connectivity index (χ0v) is 8.44. The SMILES string of the molecule is CCn1nncc1NC1CCCOC1. The van der Waals surface area contributed by atoms with Crippen LogP contribution in [0, 0.1) is 0 Å². The lowest BCUT2D eigenvalue weighted by Crippen LogP contribution is -2.30. The van der Waals surface area contributed by atoms with Crippen molar-refractivity contribution in [1.29, 1.82) is 0 Å². The summed E-state index contributed by atoms with van der Waals surface area (Å²) < 4.78 is 7.25. The maximum Gasteiger partial charge on any atom is 0.145 e. The molecular weight excluding hydrogens is 180 g/mol. The Hall–Kier alpha value is -1.10. The van der Waals surface area contributed by atoms with Crippen LogP contribution in [0.25, 0.3) is 0 Å². The number of hydrogen-bond donors (Lipinski definition) is 1. The van der Waals surface area contributed by atoms with E-state index in [0.717, 1.165) is 38.4 Å². The summed E-state index contributed by atoms with van der Waals surface area (Å²) in [6, 6.07) is 0.410. The predicted molar refractivity (Wildman–Crippen MR) is 53.2 cm³/mol. The van der Waals surface area contributed by atoms with Crippen molar-refractivity contribution in [2.45, 2.75) is 32.4 Å². The molecule has 1 fully saturated rings. The van der Waals surface area contributed by atoms with Crippen LogP contribution in [-0.2, 0) is 11.3 Å². The average molecular weight is 196 g/mol. The van der Waals surface area contributed by atoms with E-state index in [1.165, 1.54) is 0 Å². The van der Waals surface area contributed by atoms with E-state index in [1.54, 1.807) is 6.20 Å². The summed E-state index contributed by atoms with van der Waals surface area (Å²) in [4.78, 5) is 0. The van der Waals surface area contributed by atoms with Crippen LogP contribution in [0.15, 0.2) is 6.20 Å². The second kappa shape index (κ2) is 4.41. The molecule has 2 rings (SSSR count). The summed E-state index contributed by atoms with van der Waals surface area (Å²) in [6.45, 7) is 4.57. The highest BCUT2D eigenvalue weighted by Crippen LogP contribution is 2.12. The van der Waals surface area contributed by atoms with Gasteiger partial charge in [0.2, 0.25) is 0 Å². The fraction of sp³-hybridized carbons (Fsp3) is 0.778. The normalized spacial score (nSPS) is 22.2. The highest BCUT2D eigenvalue weighted by atomic mass is 16.5. The molecule has 1 aromatic rings. The predicted octanol–water partition coefficient (Wildman–Crippen LogP) is 0.889. The first-order chi connectivity index (χ1) is 6.90. The summed E-state index contributed by atoms with van der Waals surface area (Å²) >= 11 is 0. The minimum absolute atomic E-state index is 0.410. The number of nitrogens with one attached hydrogen (secondary N) is 1. The topological polar surface area (TPSA) is 52.0 Å². The van der Waals surface area contributed by atoms with Crippen LogP contribution in [0.2, 0.25) is 0 Å². The number of hydrogen-bond acceptors (Lipinski definition) is 4. The number of ether oxygens (including phenoxy) is 1. The van der Waals surface area contributed by atoms with Gasteiger partial charge in [0.25, 0.3) is 0 Å². The van der Waals surface area contributed by atoms with Gasteiger partial charge in [0.15, 0.2) is 0 Å². The van der Waals surface area contributed by atoms with E-state index in [0.29, 0.717) is 6.04 Å². The monoisotopic (exact) mass is 196 g/mol. The summed E-state index contributed by atoms with van der Waals surface area (Å²) in [5.74, 6) is 0.989. The summed E-state index contributed by atoms with van der Waals surface area (Å²) in [5, 5.41) is 11.2. The highest BCUT2D eigenvalue weighted by molar-refractivity contribution is 5.32. The Morgan fingerprint density at radius 3 is 3.36 bits per heavy atom. The summed E-state index contributed by atoms with van der Waals surface area (Å²) in [6.07, 6.45) is 4.05. The van der Waals surface area contributed by atoms with Crippen molar-refractivity contribution in [3.8, 4) is 0 Å². The molecular formula is C9H16N4O. The van der Waals surface area contributed by atoms with Gasteiger partial charge in [0.05, 0.1) is 18.8 Å². The minimum atomic E-state index is 0.410. The van der Waals surface area contributed by atoms with Gasteiger partial charge in [0.1, 0.15) is 5.82 Å². The third-order valence-electron chi connectivity index (χ3n) is 2.43. The van der Waals surface area contributed by atoms with Gasteiger partial charge in [-0.2, -0.15) is 0 Å². The molecule has 1 N–H and O–H groups in total. The maximum absolute atomic E-state index is 5.39. The van der Waals surface area contributed by atoms with E-state index in [4.69, 9.17) is 4.74 Å². The summed E-state index contributed by atoms with van der Waals surface area (Å²) in [5.41, 5.74) is 0. The van der Waals surface area contributed by atoms with Crippen LogP contribution in [0.3, 0.4) is 0 Å². The van der Waals surface area contributed by atoms with Crippen LogP contribution in [0.4, 0.5) is 5.82 Å². The van der Waals surface area contributed by atoms with Crippen molar-refractivity contribution in [2.75, 3.05) is 18.5 Å². The molecule has 14 heavy (non-hydrogen) atoms. The fourth-order valence-corrected chi connectivity index (χ4v) is 1.67. The average Bonchev–Trinajstić information content (AvgIpc) is 2.67. The number of aryl methyl sites for hydroxylation is 1. The lowest BCUT2D eigenvalue weighted by atomic mass is 10.1. The largest absolute Gasteiger partial charge is 0.379 e. The van der Waals surface area contributed by atoms with E-state index in [2.05, 4.69) is 22.6 Å². The van der Waals surface area contributed by atoms with Gasteiger partial charge < -0.3 is 10.1 Å². The van der Waals surface area contributed by atoms with Crippen molar-refractivity contribution < 1.29 is 4.74 Å². The van der Waals surface area contributed by atoms with Crippen LogP contribution in [0.1, 0.15) is 19.8 Å². The number of anilines is 1. The van der Waals surface area contributed by atoms with Gasteiger partial charge in [-0.3, -0.25) is 0 Å². The molecule has 0 bridgehead atoms. The van der Waals surface area contributed by atoms with Crippen molar-refractivity contribution in [3.05, 3.63) is 6.20 Å². The molecule has 0 aliphatic carbocycles. The quantitative estimate of drug-likeness (QED) is 0.780. The summed E-state index contributed by atoms with van der Waals surface area (Å²) in [7, 11) is 0. The second-order valence-corrected chi connectivity index (χ2v) is 3.49. The van der Waals surface area contributed by atoms with Gasteiger partial charge in [0, 0.05) is 13.2 Å². The molecule has 78 valence electrons. The van der Waals surface area contributed by atoms with E-state index in [-0.39, 0.29) is 0 Å². The third-order valence-corrected chi connectivity index (χ3v) is 2.43. The Morgan fingerprint density at radius 1 is 1.71 bits per heavy atom. The first-order valence-corrected chi connectivity index (χ1v) is 5.13. The van der Waals surface area contributed by atoms with Gasteiger partial charge >= 0.3 is 0 Å². The second-order valence-electron chi connectivity index (χ2n) is 3.49. The molecule has 0 saturated carbocycles. The van der Waals surface area contributed by atoms with Gasteiger partial charge in [-0.25, -0.2) is 4.68 Å². The molecule has 0 aromatic carbocycles. The Balaban J connectivity index is 1.95. The maximum atomic E-state index is 5.39. The van der Waals surface area contributed by atoms with Crippen LogP contribution < -0.4 is 5.32 Å². The number of rotatable bonds is 3. The van der Waals surface area contributed by atoms with Crippen LogP contribution >= 0.6 is 0 Å². The zero-order chi connectivity index (χ0) is 9.80. The van der Waals surface area contributed by atoms with E-state index in [1.807, 2.05) is 4.68 Å². The minimum Gasteiger partial charge on any atom is -0.379 e. The molecule has 1 unspecified atom stereocenters. The lowest BCUT2D eigenvalue weighted by Gasteiger charge is -2.23. The molecule has 5 heteroatoms. The van der Waals surface area contributed by atoms with E-state index in [9.17, 15) is 0 Å². The Morgan fingerprint density at radius 2 is 2.64 bits per heavy atom. The molecule has 1 aromatic heterocycles. The Labute approximate surface area is 83.4 Å². The van der Waals surface area contributed by atoms with Crippen molar-refractivity contribution in [3.63, 3.8) is 0 Å². The van der Waals surface area contributed by atoms with Crippen LogP contribution in [-0.4, -0.2) is 34.2 Å². The van der Waals surface area contributed by atoms with Crippen LogP contribution in [0.5, 0.6) is 0 Å². The van der Waals surface area contributed by atoms with Crippen molar-refractivity contribution in [2.24, 2.45) is 0 Å². The molecule has 1 saturated heterocycles. The standard InChI is InChI=1S/C9H16N4O/c1-2-13-9(6-10-12-13)11-8-4-3-5-14-7-8/h6,8,11H,2-5,7H2,1H3. The Bertz CT molecular complexity index is 280. The Kier molecular flexibility index (Phi) is 2.98. The molecule has 1 atom stereocenters. The molecule has 5 nitrogen and oxygen atoms in total. The molecule has 1 aliphatic rings. The zero-order valence-electron chi connectivity index (χ0n) is 8.44. The molecule has 0 spiro atoms. The number of nitrogens with zero attached hydrogens (tertiary/aromatic N) is 3. The smallest absolute Gasteiger partial charge is 0.145 e. The molecule has 1 aliphatic heterocycles.